The number of nitrogens with zero attached hydrogens (tertiary/aromatic N) is 1. The molecular weight excluding hydrogens is 274 g/mol. The van der Waals surface area contributed by atoms with Gasteiger partial charge in [-0.1, -0.05) is 11.6 Å². The van der Waals surface area contributed by atoms with E-state index < -0.39 is 7.12 Å². The fourth-order valence-electron chi connectivity index (χ4n) is 2.15. The second kappa shape index (κ2) is 4.62. The highest BCUT2D eigenvalue weighted by Crippen LogP contribution is 2.37. The van der Waals surface area contributed by atoms with Crippen molar-refractivity contribution in [2.24, 2.45) is 0 Å². The molecule has 6 heteroatoms. The monoisotopic (exact) mass is 294 g/mol. The third-order valence-electron chi connectivity index (χ3n) is 4.31. The minimum absolute atomic E-state index is 0.364. The average Bonchev–Trinajstić information content (AvgIpc) is 3.10. The lowest BCUT2D eigenvalue weighted by molar-refractivity contribution is 0.00578. The van der Waals surface area contributed by atoms with Crippen molar-refractivity contribution >= 4 is 30.0 Å². The van der Waals surface area contributed by atoms with Crippen molar-refractivity contribution in [3.8, 4) is 0 Å². The highest BCUT2D eigenvalue weighted by atomic mass is 35.5. The van der Waals surface area contributed by atoms with Crippen LogP contribution in [0.25, 0.3) is 0 Å². The van der Waals surface area contributed by atoms with Crippen LogP contribution in [0.1, 0.15) is 40.5 Å². The minimum atomic E-state index is -0.438. The van der Waals surface area contributed by atoms with Crippen LogP contribution in [0.5, 0.6) is 0 Å². The smallest absolute Gasteiger partial charge is 0.399 e. The van der Waals surface area contributed by atoms with Crippen LogP contribution in [-0.2, 0) is 9.31 Å². The number of hydrogen-bond donors (Lipinski definition) is 1. The molecule has 2 heterocycles. The third kappa shape index (κ3) is 2.54. The zero-order valence-corrected chi connectivity index (χ0v) is 13.1. The van der Waals surface area contributed by atoms with Crippen molar-refractivity contribution in [2.45, 2.75) is 57.8 Å². The SMILES string of the molecule is CC1(C)OB(c2cc(Cl)cnc2NC2CC2)OC1(C)C. The van der Waals surface area contributed by atoms with Gasteiger partial charge >= 0.3 is 7.12 Å². The van der Waals surface area contributed by atoms with Gasteiger partial charge in [-0.2, -0.15) is 0 Å². The summed E-state index contributed by atoms with van der Waals surface area (Å²) in [6, 6.07) is 2.39. The van der Waals surface area contributed by atoms with E-state index in [2.05, 4.69) is 10.3 Å². The van der Waals surface area contributed by atoms with Gasteiger partial charge in [-0.3, -0.25) is 0 Å². The molecule has 0 bridgehead atoms. The number of halogens is 1. The van der Waals surface area contributed by atoms with Gasteiger partial charge in [0.15, 0.2) is 0 Å². The Hall–Kier alpha value is -0.775. The summed E-state index contributed by atoms with van der Waals surface area (Å²) in [5.74, 6) is 0.815. The topological polar surface area (TPSA) is 43.4 Å². The van der Waals surface area contributed by atoms with Crippen LogP contribution in [0, 0.1) is 0 Å². The molecule has 1 aromatic heterocycles. The Bertz CT molecular complexity index is 516. The van der Waals surface area contributed by atoms with Crippen LogP contribution in [0.15, 0.2) is 12.3 Å². The molecule has 2 aliphatic rings. The molecule has 4 nitrogen and oxygen atoms in total. The van der Waals surface area contributed by atoms with Gasteiger partial charge in [-0.25, -0.2) is 4.98 Å². The van der Waals surface area contributed by atoms with Gasteiger partial charge in [0, 0.05) is 17.7 Å². The summed E-state index contributed by atoms with van der Waals surface area (Å²) in [4.78, 5) is 4.40. The van der Waals surface area contributed by atoms with E-state index in [1.54, 1.807) is 6.20 Å². The number of nitrogens with one attached hydrogen (secondary N) is 1. The Morgan fingerprint density at radius 2 is 1.85 bits per heavy atom. The van der Waals surface area contributed by atoms with E-state index in [4.69, 9.17) is 20.9 Å². The van der Waals surface area contributed by atoms with E-state index in [1.165, 1.54) is 12.8 Å². The molecule has 1 aliphatic heterocycles. The Morgan fingerprint density at radius 3 is 2.40 bits per heavy atom. The molecule has 1 aromatic rings. The second-order valence-electron chi connectivity index (χ2n) is 6.60. The Morgan fingerprint density at radius 1 is 1.25 bits per heavy atom. The van der Waals surface area contributed by atoms with Gasteiger partial charge in [0.1, 0.15) is 5.82 Å². The largest absolute Gasteiger partial charge is 0.498 e. The molecule has 1 saturated heterocycles. The minimum Gasteiger partial charge on any atom is -0.399 e. The zero-order chi connectivity index (χ0) is 14.5. The first-order chi connectivity index (χ1) is 9.28. The lowest BCUT2D eigenvalue weighted by atomic mass is 9.79. The number of rotatable bonds is 3. The predicted molar refractivity (Wildman–Crippen MR) is 81.6 cm³/mol. The molecule has 0 radical (unpaired) electrons. The summed E-state index contributed by atoms with van der Waals surface area (Å²) in [5.41, 5.74) is 0.149. The molecule has 20 heavy (non-hydrogen) atoms. The summed E-state index contributed by atoms with van der Waals surface area (Å²) < 4.78 is 12.2. The first-order valence-corrected chi connectivity index (χ1v) is 7.44. The van der Waals surface area contributed by atoms with Crippen molar-refractivity contribution in [3.63, 3.8) is 0 Å². The first kappa shape index (κ1) is 14.2. The summed E-state index contributed by atoms with van der Waals surface area (Å²) in [6.07, 6.45) is 4.03. The van der Waals surface area contributed by atoms with Crippen molar-refractivity contribution < 1.29 is 9.31 Å². The molecule has 3 rings (SSSR count). The van der Waals surface area contributed by atoms with E-state index in [9.17, 15) is 0 Å². The van der Waals surface area contributed by atoms with Gasteiger partial charge < -0.3 is 14.6 Å². The third-order valence-corrected chi connectivity index (χ3v) is 4.52. The molecule has 0 atom stereocenters. The maximum atomic E-state index is 6.09. The number of aromatic nitrogens is 1. The van der Waals surface area contributed by atoms with E-state index in [1.807, 2.05) is 33.8 Å². The van der Waals surface area contributed by atoms with Crippen molar-refractivity contribution in [1.29, 1.82) is 0 Å². The standard InChI is InChI=1S/C14H20BClN2O2/c1-13(2)14(3,4)20-15(19-13)11-7-9(16)8-17-12(11)18-10-5-6-10/h7-8,10H,5-6H2,1-4H3,(H,17,18). The lowest BCUT2D eigenvalue weighted by Crippen LogP contribution is -2.41. The van der Waals surface area contributed by atoms with Gasteiger partial charge in [-0.15, -0.1) is 0 Å². The molecule has 0 spiro atoms. The van der Waals surface area contributed by atoms with Crippen molar-refractivity contribution in [1.82, 2.24) is 4.98 Å². The van der Waals surface area contributed by atoms with Crippen LogP contribution in [0.3, 0.4) is 0 Å². The quantitative estimate of drug-likeness (QED) is 0.870. The fourth-order valence-corrected chi connectivity index (χ4v) is 2.31. The predicted octanol–water partition coefficient (Wildman–Crippen LogP) is 2.61. The van der Waals surface area contributed by atoms with E-state index >= 15 is 0 Å². The van der Waals surface area contributed by atoms with Crippen LogP contribution in [0.2, 0.25) is 5.02 Å². The van der Waals surface area contributed by atoms with Gasteiger partial charge in [-0.05, 0) is 46.6 Å². The molecule has 1 N–H and O–H groups in total. The summed E-state index contributed by atoms with van der Waals surface area (Å²) >= 11 is 6.09. The molecule has 2 fully saturated rings. The zero-order valence-electron chi connectivity index (χ0n) is 12.4. The molecule has 1 saturated carbocycles. The van der Waals surface area contributed by atoms with E-state index in [-0.39, 0.29) is 11.2 Å². The maximum Gasteiger partial charge on any atom is 0.498 e. The average molecular weight is 295 g/mol. The molecular formula is C14H20BClN2O2. The Labute approximate surface area is 125 Å². The molecule has 0 amide bonds. The molecule has 0 aromatic carbocycles. The summed E-state index contributed by atoms with van der Waals surface area (Å²) in [7, 11) is -0.438. The maximum absolute atomic E-state index is 6.09. The van der Waals surface area contributed by atoms with Crippen molar-refractivity contribution in [2.75, 3.05) is 5.32 Å². The van der Waals surface area contributed by atoms with Crippen molar-refractivity contribution in [3.05, 3.63) is 17.3 Å². The fraction of sp³-hybridized carbons (Fsp3) is 0.643. The van der Waals surface area contributed by atoms with Gasteiger partial charge in [0.25, 0.3) is 0 Å². The first-order valence-electron chi connectivity index (χ1n) is 7.06. The number of anilines is 1. The van der Waals surface area contributed by atoms with Crippen LogP contribution in [0.4, 0.5) is 5.82 Å². The van der Waals surface area contributed by atoms with Crippen LogP contribution in [-0.4, -0.2) is 29.3 Å². The van der Waals surface area contributed by atoms with E-state index in [0.29, 0.717) is 11.1 Å². The Kier molecular flexibility index (Phi) is 3.27. The molecule has 0 unspecified atom stereocenters. The highest BCUT2D eigenvalue weighted by Gasteiger charge is 2.52. The van der Waals surface area contributed by atoms with E-state index in [0.717, 1.165) is 11.3 Å². The van der Waals surface area contributed by atoms with Gasteiger partial charge in [0.05, 0.1) is 16.2 Å². The van der Waals surface area contributed by atoms with Crippen LogP contribution >= 0.6 is 11.6 Å². The summed E-state index contributed by atoms with van der Waals surface area (Å²) in [6.45, 7) is 8.16. The number of pyridine rings is 1. The highest BCUT2D eigenvalue weighted by molar-refractivity contribution is 6.64. The normalized spacial score (nSPS) is 23.9. The second-order valence-corrected chi connectivity index (χ2v) is 7.03. The van der Waals surface area contributed by atoms with Gasteiger partial charge in [0.2, 0.25) is 0 Å². The number of hydrogen-bond acceptors (Lipinski definition) is 4. The summed E-state index contributed by atoms with van der Waals surface area (Å²) in [5, 5.41) is 4.01. The molecule has 1 aliphatic carbocycles. The lowest BCUT2D eigenvalue weighted by Gasteiger charge is -2.32. The Balaban J connectivity index is 1.91. The van der Waals surface area contributed by atoms with Crippen LogP contribution < -0.4 is 10.8 Å². The molecule has 108 valence electrons.